The van der Waals surface area contributed by atoms with Crippen LogP contribution in [0.2, 0.25) is 0 Å². The van der Waals surface area contributed by atoms with Gasteiger partial charge in [0.15, 0.2) is 0 Å². The molecule has 0 fully saturated rings. The number of aromatic nitrogens is 2. The molecule has 0 aliphatic carbocycles. The smallest absolute Gasteiger partial charge is 0.271 e. The lowest BCUT2D eigenvalue weighted by Crippen LogP contribution is -2.29. The van der Waals surface area contributed by atoms with E-state index in [1.807, 2.05) is 4.68 Å². The number of nitrogens with one attached hydrogen (secondary N) is 1. The number of nitro benzene ring substituents is 1. The second-order valence-corrected chi connectivity index (χ2v) is 5.50. The first-order valence-corrected chi connectivity index (χ1v) is 6.80. The molecule has 2 aromatic rings. The third-order valence-corrected chi connectivity index (χ3v) is 3.20. The van der Waals surface area contributed by atoms with Crippen LogP contribution < -0.4 is 5.32 Å². The number of benzene rings is 1. The Kier molecular flexibility index (Phi) is 4.34. The van der Waals surface area contributed by atoms with Gasteiger partial charge in [0.1, 0.15) is 0 Å². The summed E-state index contributed by atoms with van der Waals surface area (Å²) in [6, 6.07) is 5.30. The van der Waals surface area contributed by atoms with Crippen LogP contribution in [0.4, 0.5) is 5.69 Å². The summed E-state index contributed by atoms with van der Waals surface area (Å²) in [6.07, 6.45) is 1.75. The van der Waals surface area contributed by atoms with Gasteiger partial charge in [-0.25, -0.2) is 0 Å². The molecule has 1 N–H and O–H groups in total. The normalized spacial score (nSPS) is 13.0. The Morgan fingerprint density at radius 2 is 2.15 bits per heavy atom. The number of nitro groups is 1. The van der Waals surface area contributed by atoms with Crippen LogP contribution in [0.25, 0.3) is 10.9 Å². The number of nitrogens with zero attached hydrogens (tertiary/aromatic N) is 3. The van der Waals surface area contributed by atoms with E-state index in [4.69, 9.17) is 0 Å². The van der Waals surface area contributed by atoms with Crippen molar-refractivity contribution in [3.63, 3.8) is 0 Å². The van der Waals surface area contributed by atoms with Crippen LogP contribution in [0.1, 0.15) is 20.8 Å². The number of hydrogen-bond donors (Lipinski definition) is 1. The lowest BCUT2D eigenvalue weighted by Gasteiger charge is -2.15. The van der Waals surface area contributed by atoms with E-state index in [-0.39, 0.29) is 10.6 Å². The highest BCUT2D eigenvalue weighted by Gasteiger charge is 2.12. The molecular formula is C14H20N4O2. The van der Waals surface area contributed by atoms with Crippen molar-refractivity contribution in [3.8, 4) is 0 Å². The molecule has 0 spiro atoms. The van der Waals surface area contributed by atoms with Crippen molar-refractivity contribution in [1.82, 2.24) is 15.1 Å². The maximum absolute atomic E-state index is 10.8. The molecule has 0 aliphatic heterocycles. The van der Waals surface area contributed by atoms with Crippen molar-refractivity contribution in [3.05, 3.63) is 34.5 Å². The van der Waals surface area contributed by atoms with E-state index in [2.05, 4.69) is 31.2 Å². The fourth-order valence-corrected chi connectivity index (χ4v) is 2.11. The number of rotatable bonds is 6. The van der Waals surface area contributed by atoms with Gasteiger partial charge in [-0.2, -0.15) is 5.10 Å². The first kappa shape index (κ1) is 14.5. The van der Waals surface area contributed by atoms with Gasteiger partial charge >= 0.3 is 0 Å². The van der Waals surface area contributed by atoms with Crippen LogP contribution >= 0.6 is 0 Å². The third kappa shape index (κ3) is 3.33. The SMILES string of the molecule is CC(CNC(C)C)Cn1ncc2ccc([N+](=O)[O-])cc21. The second-order valence-electron chi connectivity index (χ2n) is 5.50. The molecule has 2 rings (SSSR count). The Hall–Kier alpha value is -1.95. The van der Waals surface area contributed by atoms with E-state index >= 15 is 0 Å². The highest BCUT2D eigenvalue weighted by molar-refractivity contribution is 5.80. The van der Waals surface area contributed by atoms with E-state index in [1.165, 1.54) is 6.07 Å². The molecular weight excluding hydrogens is 256 g/mol. The molecule has 20 heavy (non-hydrogen) atoms. The van der Waals surface area contributed by atoms with Crippen molar-refractivity contribution in [1.29, 1.82) is 0 Å². The summed E-state index contributed by atoms with van der Waals surface area (Å²) in [5, 5.41) is 19.5. The average molecular weight is 276 g/mol. The van der Waals surface area contributed by atoms with Crippen molar-refractivity contribution in [2.75, 3.05) is 6.54 Å². The van der Waals surface area contributed by atoms with E-state index in [0.717, 1.165) is 24.0 Å². The van der Waals surface area contributed by atoms with Crippen molar-refractivity contribution in [2.24, 2.45) is 5.92 Å². The Morgan fingerprint density at radius 1 is 1.40 bits per heavy atom. The van der Waals surface area contributed by atoms with Gasteiger partial charge in [0.05, 0.1) is 16.6 Å². The van der Waals surface area contributed by atoms with E-state index in [1.54, 1.807) is 18.3 Å². The molecule has 1 atom stereocenters. The molecule has 0 bridgehead atoms. The topological polar surface area (TPSA) is 73.0 Å². The average Bonchev–Trinajstić information content (AvgIpc) is 2.79. The monoisotopic (exact) mass is 276 g/mol. The maximum Gasteiger partial charge on any atom is 0.271 e. The zero-order valence-electron chi connectivity index (χ0n) is 12.0. The fourth-order valence-electron chi connectivity index (χ4n) is 2.11. The van der Waals surface area contributed by atoms with Crippen LogP contribution in [-0.4, -0.2) is 27.3 Å². The maximum atomic E-state index is 10.8. The highest BCUT2D eigenvalue weighted by Crippen LogP contribution is 2.21. The van der Waals surface area contributed by atoms with Crippen LogP contribution in [0.3, 0.4) is 0 Å². The Labute approximate surface area is 117 Å². The summed E-state index contributed by atoms with van der Waals surface area (Å²) in [6.45, 7) is 8.00. The van der Waals surface area contributed by atoms with Gasteiger partial charge in [-0.1, -0.05) is 20.8 Å². The fraction of sp³-hybridized carbons (Fsp3) is 0.500. The number of hydrogen-bond acceptors (Lipinski definition) is 4. The van der Waals surface area contributed by atoms with Gasteiger partial charge in [-0.3, -0.25) is 14.8 Å². The standard InChI is InChI=1S/C14H20N4O2/c1-10(2)15-7-11(3)9-17-14-6-13(18(19)20)5-4-12(14)8-16-17/h4-6,8,10-11,15H,7,9H2,1-3H3. The van der Waals surface area contributed by atoms with Crippen molar-refractivity contribution in [2.45, 2.75) is 33.4 Å². The summed E-state index contributed by atoms with van der Waals surface area (Å²) >= 11 is 0. The predicted octanol–water partition coefficient (Wildman–Crippen LogP) is 2.58. The minimum atomic E-state index is -0.374. The van der Waals surface area contributed by atoms with Gasteiger partial charge in [0, 0.05) is 30.1 Å². The minimum Gasteiger partial charge on any atom is -0.314 e. The molecule has 6 nitrogen and oxygen atoms in total. The molecule has 1 aromatic heterocycles. The highest BCUT2D eigenvalue weighted by atomic mass is 16.6. The largest absolute Gasteiger partial charge is 0.314 e. The van der Waals surface area contributed by atoms with E-state index in [9.17, 15) is 10.1 Å². The Morgan fingerprint density at radius 3 is 2.80 bits per heavy atom. The molecule has 108 valence electrons. The van der Waals surface area contributed by atoms with Gasteiger partial charge in [0.25, 0.3) is 5.69 Å². The third-order valence-electron chi connectivity index (χ3n) is 3.20. The quantitative estimate of drug-likeness (QED) is 0.650. The predicted molar refractivity (Wildman–Crippen MR) is 78.7 cm³/mol. The summed E-state index contributed by atoms with van der Waals surface area (Å²) in [7, 11) is 0. The zero-order valence-corrected chi connectivity index (χ0v) is 12.0. The Balaban J connectivity index is 2.17. The molecule has 0 saturated heterocycles. The molecule has 0 saturated carbocycles. The minimum absolute atomic E-state index is 0.104. The summed E-state index contributed by atoms with van der Waals surface area (Å²) in [4.78, 5) is 10.5. The molecule has 1 unspecified atom stereocenters. The van der Waals surface area contributed by atoms with E-state index < -0.39 is 0 Å². The van der Waals surface area contributed by atoms with Crippen LogP contribution in [0.15, 0.2) is 24.4 Å². The van der Waals surface area contributed by atoms with Crippen LogP contribution in [0, 0.1) is 16.0 Å². The van der Waals surface area contributed by atoms with Crippen molar-refractivity contribution >= 4 is 16.6 Å². The lowest BCUT2D eigenvalue weighted by atomic mass is 10.1. The second kappa shape index (κ2) is 6.00. The van der Waals surface area contributed by atoms with Crippen LogP contribution in [0.5, 0.6) is 0 Å². The Bertz CT molecular complexity index is 606. The molecule has 1 aromatic carbocycles. The van der Waals surface area contributed by atoms with Gasteiger partial charge in [-0.15, -0.1) is 0 Å². The molecule has 0 aliphatic rings. The molecule has 6 heteroatoms. The van der Waals surface area contributed by atoms with Gasteiger partial charge < -0.3 is 5.32 Å². The van der Waals surface area contributed by atoms with Crippen molar-refractivity contribution < 1.29 is 4.92 Å². The summed E-state index contributed by atoms with van der Waals surface area (Å²) in [5.41, 5.74) is 0.919. The first-order chi connectivity index (χ1) is 9.47. The lowest BCUT2D eigenvalue weighted by molar-refractivity contribution is -0.384. The summed E-state index contributed by atoms with van der Waals surface area (Å²) < 4.78 is 1.84. The molecule has 0 amide bonds. The zero-order chi connectivity index (χ0) is 14.7. The number of non-ortho nitro benzene ring substituents is 1. The van der Waals surface area contributed by atoms with E-state index in [0.29, 0.717) is 12.0 Å². The van der Waals surface area contributed by atoms with Gasteiger partial charge in [0.2, 0.25) is 0 Å². The molecule has 1 heterocycles. The molecule has 0 radical (unpaired) electrons. The number of fused-ring (bicyclic) bond motifs is 1. The first-order valence-electron chi connectivity index (χ1n) is 6.80. The van der Waals surface area contributed by atoms with Crippen LogP contribution in [-0.2, 0) is 6.54 Å². The van der Waals surface area contributed by atoms with Gasteiger partial charge in [-0.05, 0) is 18.5 Å². The summed E-state index contributed by atoms with van der Waals surface area (Å²) in [5.74, 6) is 0.403.